The lowest BCUT2D eigenvalue weighted by atomic mass is 9.89. The van der Waals surface area contributed by atoms with Crippen LogP contribution in [0.25, 0.3) is 0 Å². The molecule has 196 valence electrons. The van der Waals surface area contributed by atoms with Gasteiger partial charge in [-0.05, 0) is 58.3 Å². The van der Waals surface area contributed by atoms with Gasteiger partial charge in [0, 0.05) is 25.2 Å². The molecule has 7 heteroatoms. The maximum Gasteiger partial charge on any atom is 0.333 e. The summed E-state index contributed by atoms with van der Waals surface area (Å²) in [5, 5.41) is 3.09. The summed E-state index contributed by atoms with van der Waals surface area (Å²) in [5.41, 5.74) is 0.477. The lowest BCUT2D eigenvalue weighted by molar-refractivity contribution is -0.141. The van der Waals surface area contributed by atoms with E-state index in [-0.39, 0.29) is 47.7 Å². The molecule has 34 heavy (non-hydrogen) atoms. The normalized spacial score (nSPS) is 21.5. The van der Waals surface area contributed by atoms with Crippen LogP contribution in [0, 0.1) is 17.8 Å². The van der Waals surface area contributed by atoms with Crippen LogP contribution in [0.2, 0.25) is 0 Å². The fourth-order valence-electron chi connectivity index (χ4n) is 4.71. The predicted molar refractivity (Wildman–Crippen MR) is 137 cm³/mol. The minimum Gasteiger partial charge on any atom is -0.463 e. The number of nitrogens with one attached hydrogen (secondary N) is 1. The Morgan fingerprint density at radius 2 is 1.68 bits per heavy atom. The molecule has 1 aliphatic heterocycles. The lowest BCUT2D eigenvalue weighted by Gasteiger charge is -2.42. The molecule has 0 spiro atoms. The molecule has 0 aromatic rings. The zero-order valence-electron chi connectivity index (χ0n) is 23.2. The molecule has 1 heterocycles. The number of piperidine rings is 1. The molecule has 0 aromatic carbocycles. The van der Waals surface area contributed by atoms with Gasteiger partial charge in [-0.2, -0.15) is 0 Å². The minimum absolute atomic E-state index is 0.0666. The van der Waals surface area contributed by atoms with Crippen LogP contribution >= 0.6 is 0 Å². The van der Waals surface area contributed by atoms with Gasteiger partial charge >= 0.3 is 5.97 Å². The highest BCUT2D eigenvalue weighted by molar-refractivity contribution is 5.91. The van der Waals surface area contributed by atoms with E-state index in [1.807, 2.05) is 27.7 Å². The van der Waals surface area contributed by atoms with Crippen molar-refractivity contribution in [3.05, 3.63) is 11.6 Å². The van der Waals surface area contributed by atoms with Gasteiger partial charge in [-0.25, -0.2) is 4.79 Å². The zero-order valence-corrected chi connectivity index (χ0v) is 23.2. The third-order valence-electron chi connectivity index (χ3n) is 6.99. The Labute approximate surface area is 207 Å². The number of rotatable bonds is 11. The highest BCUT2D eigenvalue weighted by Gasteiger charge is 2.37. The predicted octanol–water partition coefficient (Wildman–Crippen LogP) is 4.02. The summed E-state index contributed by atoms with van der Waals surface area (Å²) in [6, 6.07) is -0.869. The van der Waals surface area contributed by atoms with Crippen molar-refractivity contribution in [3.8, 4) is 0 Å². The monoisotopic (exact) mass is 479 g/mol. The average Bonchev–Trinajstić information content (AvgIpc) is 2.78. The lowest BCUT2D eigenvalue weighted by Crippen LogP contribution is -2.59. The molecule has 1 fully saturated rings. The molecule has 0 saturated carbocycles. The summed E-state index contributed by atoms with van der Waals surface area (Å²) in [5.74, 6) is 0.0424. The first kappa shape index (κ1) is 30.1. The van der Waals surface area contributed by atoms with E-state index in [0.29, 0.717) is 18.1 Å². The Morgan fingerprint density at radius 3 is 2.15 bits per heavy atom. The molecule has 0 unspecified atom stereocenters. The summed E-state index contributed by atoms with van der Waals surface area (Å²) in [6.45, 7) is 19.1. The average molecular weight is 480 g/mol. The van der Waals surface area contributed by atoms with Gasteiger partial charge in [-0.15, -0.1) is 0 Å². The number of carbonyl (C=O) groups excluding carboxylic acids is 3. The number of ether oxygens (including phenoxy) is 1. The highest BCUT2D eigenvalue weighted by atomic mass is 16.5. The Bertz CT molecular complexity index is 717. The Balaban J connectivity index is 3.07. The van der Waals surface area contributed by atoms with Gasteiger partial charge in [0.25, 0.3) is 0 Å². The molecule has 2 amide bonds. The van der Waals surface area contributed by atoms with E-state index in [0.717, 1.165) is 25.8 Å². The molecule has 1 saturated heterocycles. The van der Waals surface area contributed by atoms with Crippen LogP contribution in [0.5, 0.6) is 0 Å². The van der Waals surface area contributed by atoms with Crippen molar-refractivity contribution in [3.63, 3.8) is 0 Å². The van der Waals surface area contributed by atoms with Crippen molar-refractivity contribution in [1.82, 2.24) is 15.1 Å². The van der Waals surface area contributed by atoms with Crippen molar-refractivity contribution >= 4 is 17.8 Å². The third-order valence-corrected chi connectivity index (χ3v) is 6.99. The van der Waals surface area contributed by atoms with E-state index >= 15 is 0 Å². The molecule has 1 rings (SSSR count). The van der Waals surface area contributed by atoms with Crippen LogP contribution in [-0.2, 0) is 19.1 Å². The van der Waals surface area contributed by atoms with E-state index < -0.39 is 6.04 Å². The zero-order chi connectivity index (χ0) is 26.2. The van der Waals surface area contributed by atoms with Gasteiger partial charge < -0.3 is 15.0 Å². The molecule has 1 N–H and O–H groups in total. The number of amides is 2. The summed E-state index contributed by atoms with van der Waals surface area (Å²) in [6.07, 6.45) is 4.76. The fraction of sp³-hybridized carbons (Fsp3) is 0.815. The second-order valence-electron chi connectivity index (χ2n) is 10.6. The van der Waals surface area contributed by atoms with E-state index in [1.165, 1.54) is 0 Å². The Kier molecular flexibility index (Phi) is 12.3. The van der Waals surface area contributed by atoms with Gasteiger partial charge in [-0.3, -0.25) is 14.5 Å². The van der Waals surface area contributed by atoms with Gasteiger partial charge in [-0.1, -0.05) is 47.1 Å². The van der Waals surface area contributed by atoms with Crippen molar-refractivity contribution in [2.24, 2.45) is 17.8 Å². The molecule has 0 radical (unpaired) electrons. The standard InChI is InChI=1S/C27H49N3O4/c1-11-21-13-14-22(30(16-21)19(7)8)25(31)28-24(18(5)6)26(32)29(10)23(17(3)4)15-20(9)27(33)34-12-2/h15,17-19,21-24H,11-14,16H2,1-10H3,(H,28,31)/b20-15+/t21-,22-,23+,24-/m0/s1. The van der Waals surface area contributed by atoms with Crippen molar-refractivity contribution < 1.29 is 19.1 Å². The molecule has 7 nitrogen and oxygen atoms in total. The quantitative estimate of drug-likeness (QED) is 0.358. The van der Waals surface area contributed by atoms with E-state index in [2.05, 4.69) is 31.0 Å². The highest BCUT2D eigenvalue weighted by Crippen LogP contribution is 2.26. The van der Waals surface area contributed by atoms with E-state index in [4.69, 9.17) is 4.74 Å². The first-order valence-electron chi connectivity index (χ1n) is 13.0. The van der Waals surface area contributed by atoms with Crippen LogP contribution in [0.15, 0.2) is 11.6 Å². The topological polar surface area (TPSA) is 79.0 Å². The minimum atomic E-state index is -0.632. The van der Waals surface area contributed by atoms with Gasteiger partial charge in [0.1, 0.15) is 6.04 Å². The van der Waals surface area contributed by atoms with Crippen LogP contribution in [-0.4, -0.2) is 72.0 Å². The molecule has 0 aromatic heterocycles. The van der Waals surface area contributed by atoms with Crippen molar-refractivity contribution in [1.29, 1.82) is 0 Å². The molecule has 4 atom stereocenters. The second kappa shape index (κ2) is 13.9. The van der Waals surface area contributed by atoms with Crippen molar-refractivity contribution in [2.75, 3.05) is 20.2 Å². The number of hydrogen-bond donors (Lipinski definition) is 1. The van der Waals surface area contributed by atoms with Gasteiger partial charge in [0.2, 0.25) is 11.8 Å². The third kappa shape index (κ3) is 8.10. The SMILES string of the molecule is CCOC(=O)/C(C)=C/[C@H](C(C)C)N(C)C(=O)[C@@H](NC(=O)[C@@H]1CC[C@H](CC)CN1C(C)C)C(C)C. The van der Waals surface area contributed by atoms with Gasteiger partial charge in [0.15, 0.2) is 0 Å². The summed E-state index contributed by atoms with van der Waals surface area (Å²) >= 11 is 0. The number of likely N-dealkylation sites (N-methyl/N-ethyl adjacent to an activating group) is 1. The summed E-state index contributed by atoms with van der Waals surface area (Å²) in [4.78, 5) is 43.1. The number of hydrogen-bond acceptors (Lipinski definition) is 5. The van der Waals surface area contributed by atoms with Crippen molar-refractivity contribution in [2.45, 2.75) is 106 Å². The van der Waals surface area contributed by atoms with E-state index in [9.17, 15) is 14.4 Å². The van der Waals surface area contributed by atoms with Gasteiger partial charge in [0.05, 0.1) is 18.7 Å². The van der Waals surface area contributed by atoms with E-state index in [1.54, 1.807) is 31.9 Å². The summed E-state index contributed by atoms with van der Waals surface area (Å²) < 4.78 is 5.10. The van der Waals surface area contributed by atoms with Crippen LogP contribution in [0.1, 0.15) is 81.6 Å². The largest absolute Gasteiger partial charge is 0.463 e. The smallest absolute Gasteiger partial charge is 0.333 e. The second-order valence-corrected chi connectivity index (χ2v) is 10.6. The number of esters is 1. The molecular weight excluding hydrogens is 430 g/mol. The molecule has 0 bridgehead atoms. The first-order chi connectivity index (χ1) is 15.8. The Morgan fingerprint density at radius 1 is 1.06 bits per heavy atom. The van der Waals surface area contributed by atoms with Crippen LogP contribution in [0.4, 0.5) is 0 Å². The van der Waals surface area contributed by atoms with Crippen LogP contribution < -0.4 is 5.32 Å². The Hall–Kier alpha value is -1.89. The number of likely N-dealkylation sites (tertiary alicyclic amines) is 1. The molecular formula is C27H49N3O4. The maximum absolute atomic E-state index is 13.6. The molecule has 0 aliphatic carbocycles. The number of carbonyl (C=O) groups is 3. The summed E-state index contributed by atoms with van der Waals surface area (Å²) in [7, 11) is 1.75. The molecule has 1 aliphatic rings. The maximum atomic E-state index is 13.6. The van der Waals surface area contributed by atoms with Crippen LogP contribution in [0.3, 0.4) is 0 Å². The number of nitrogens with zero attached hydrogens (tertiary/aromatic N) is 2. The first-order valence-corrected chi connectivity index (χ1v) is 13.0. The fourth-order valence-corrected chi connectivity index (χ4v) is 4.71.